The van der Waals surface area contributed by atoms with E-state index in [2.05, 4.69) is 20.3 Å². The Labute approximate surface area is 157 Å². The van der Waals surface area contributed by atoms with Crippen molar-refractivity contribution in [2.75, 3.05) is 12.4 Å². The topological polar surface area (TPSA) is 88.3 Å². The van der Waals surface area contributed by atoms with Crippen molar-refractivity contribution < 1.29 is 4.74 Å². The number of halogens is 1. The Balaban J connectivity index is 0.00000208. The molecular formula is C17H20IN5O. The van der Waals surface area contributed by atoms with Crippen LogP contribution in [0.1, 0.15) is 11.4 Å². The molecule has 24 heavy (non-hydrogen) atoms. The molecule has 6 nitrogen and oxygen atoms in total. The summed E-state index contributed by atoms with van der Waals surface area (Å²) in [5.74, 6) is 1.87. The van der Waals surface area contributed by atoms with E-state index in [4.69, 9.17) is 10.5 Å². The highest BCUT2D eigenvalue weighted by atomic mass is 127. The largest absolute Gasteiger partial charge is 0.497 e. The Kier molecular flexibility index (Phi) is 6.02. The lowest BCUT2D eigenvalue weighted by Gasteiger charge is -2.06. The van der Waals surface area contributed by atoms with Crippen molar-refractivity contribution in [3.05, 3.63) is 53.9 Å². The average molecular weight is 437 g/mol. The number of benzene rings is 2. The Morgan fingerprint density at radius 2 is 2.08 bits per heavy atom. The third-order valence-electron chi connectivity index (χ3n) is 3.50. The number of ether oxygens (including phenoxy) is 1. The molecule has 0 radical (unpaired) electrons. The number of methoxy groups -OCH3 is 1. The predicted molar refractivity (Wildman–Crippen MR) is 108 cm³/mol. The fourth-order valence-electron chi connectivity index (χ4n) is 2.35. The summed E-state index contributed by atoms with van der Waals surface area (Å²) in [6.07, 6.45) is 0. The molecule has 3 rings (SSSR count). The first-order chi connectivity index (χ1) is 11.2. The van der Waals surface area contributed by atoms with Crippen molar-refractivity contribution in [2.24, 2.45) is 10.7 Å². The second kappa shape index (κ2) is 8.00. The quantitative estimate of drug-likeness (QED) is 0.332. The third kappa shape index (κ3) is 4.16. The van der Waals surface area contributed by atoms with E-state index in [0.29, 0.717) is 12.5 Å². The number of aryl methyl sites for hydroxylation is 1. The lowest BCUT2D eigenvalue weighted by Crippen LogP contribution is -2.22. The summed E-state index contributed by atoms with van der Waals surface area (Å²) in [6.45, 7) is 2.42. The summed E-state index contributed by atoms with van der Waals surface area (Å²) in [4.78, 5) is 12.1. The van der Waals surface area contributed by atoms with Crippen LogP contribution < -0.4 is 15.8 Å². The maximum absolute atomic E-state index is 5.93. The molecule has 0 fully saturated rings. The van der Waals surface area contributed by atoms with Gasteiger partial charge in [-0.15, -0.1) is 24.0 Å². The number of nitrogens with one attached hydrogen (secondary N) is 2. The van der Waals surface area contributed by atoms with Gasteiger partial charge in [0.2, 0.25) is 0 Å². The zero-order chi connectivity index (χ0) is 16.2. The van der Waals surface area contributed by atoms with E-state index in [9.17, 15) is 0 Å². The average Bonchev–Trinajstić information content (AvgIpc) is 2.98. The minimum Gasteiger partial charge on any atom is -0.497 e. The number of anilines is 1. The zero-order valence-electron chi connectivity index (χ0n) is 13.5. The third-order valence-corrected chi connectivity index (χ3v) is 3.50. The fraction of sp³-hybridized carbons (Fsp3) is 0.176. The van der Waals surface area contributed by atoms with Crippen LogP contribution in [-0.4, -0.2) is 23.0 Å². The van der Waals surface area contributed by atoms with Crippen molar-refractivity contribution >= 4 is 46.7 Å². The summed E-state index contributed by atoms with van der Waals surface area (Å²) in [7, 11) is 1.63. The van der Waals surface area contributed by atoms with Crippen molar-refractivity contribution in [1.29, 1.82) is 0 Å². The molecule has 0 aliphatic heterocycles. The van der Waals surface area contributed by atoms with Gasteiger partial charge in [0, 0.05) is 11.8 Å². The first kappa shape index (κ1) is 18.1. The Hall–Kier alpha value is -2.29. The minimum absolute atomic E-state index is 0. The second-order valence-electron chi connectivity index (χ2n) is 5.21. The summed E-state index contributed by atoms with van der Waals surface area (Å²) in [5, 5.41) is 3.04. The lowest BCUT2D eigenvalue weighted by atomic mass is 10.2. The normalized spacial score (nSPS) is 11.2. The molecule has 0 saturated carbocycles. The molecule has 1 heterocycles. The molecular weight excluding hydrogens is 417 g/mol. The number of para-hydroxylation sites is 1. The van der Waals surface area contributed by atoms with Gasteiger partial charge in [0.25, 0.3) is 0 Å². The standard InChI is InChI=1S/C17H19N5O.HI/c1-11-5-3-8-14-16(11)22-15(21-14)10-19-17(18)20-12-6-4-7-13(9-12)23-2;/h3-9H,10H2,1-2H3,(H,21,22)(H3,18,19,20);1H. The Bertz CT molecular complexity index is 859. The van der Waals surface area contributed by atoms with Gasteiger partial charge in [0.05, 0.1) is 18.1 Å². The summed E-state index contributed by atoms with van der Waals surface area (Å²) in [6, 6.07) is 13.5. The molecule has 0 bridgehead atoms. The molecule has 0 aliphatic carbocycles. The van der Waals surface area contributed by atoms with Gasteiger partial charge in [-0.3, -0.25) is 0 Å². The van der Waals surface area contributed by atoms with Crippen LogP contribution in [0.15, 0.2) is 47.5 Å². The van der Waals surface area contributed by atoms with Crippen LogP contribution in [-0.2, 0) is 6.54 Å². The number of hydrogen-bond acceptors (Lipinski definition) is 3. The number of imidazole rings is 1. The highest BCUT2D eigenvalue weighted by Gasteiger charge is 2.04. The predicted octanol–water partition coefficient (Wildman–Crippen LogP) is 3.42. The molecule has 126 valence electrons. The van der Waals surface area contributed by atoms with Gasteiger partial charge in [-0.1, -0.05) is 18.2 Å². The van der Waals surface area contributed by atoms with Crippen LogP contribution in [0.4, 0.5) is 5.69 Å². The summed E-state index contributed by atoms with van der Waals surface area (Å²) < 4.78 is 5.17. The van der Waals surface area contributed by atoms with E-state index in [0.717, 1.165) is 33.9 Å². The van der Waals surface area contributed by atoms with Crippen LogP contribution in [0.3, 0.4) is 0 Å². The van der Waals surface area contributed by atoms with E-state index in [-0.39, 0.29) is 24.0 Å². The van der Waals surface area contributed by atoms with Gasteiger partial charge >= 0.3 is 0 Å². The first-order valence-electron chi connectivity index (χ1n) is 7.31. The highest BCUT2D eigenvalue weighted by molar-refractivity contribution is 14.0. The maximum atomic E-state index is 5.93. The molecule has 2 aromatic carbocycles. The van der Waals surface area contributed by atoms with Gasteiger partial charge in [-0.05, 0) is 30.7 Å². The molecule has 0 saturated heterocycles. The number of aromatic nitrogens is 2. The minimum atomic E-state index is 0. The number of rotatable bonds is 4. The number of fused-ring (bicyclic) bond motifs is 1. The van der Waals surface area contributed by atoms with Crippen LogP contribution in [0, 0.1) is 6.92 Å². The molecule has 7 heteroatoms. The van der Waals surface area contributed by atoms with Gasteiger partial charge < -0.3 is 20.8 Å². The van der Waals surface area contributed by atoms with Crippen LogP contribution in [0.2, 0.25) is 0 Å². The van der Waals surface area contributed by atoms with Crippen LogP contribution in [0.5, 0.6) is 5.75 Å². The number of nitrogens with zero attached hydrogens (tertiary/aromatic N) is 2. The molecule has 4 N–H and O–H groups in total. The van der Waals surface area contributed by atoms with E-state index in [1.807, 2.05) is 49.4 Å². The summed E-state index contributed by atoms with van der Waals surface area (Å²) in [5.41, 5.74) is 9.86. The molecule has 0 atom stereocenters. The molecule has 3 aromatic rings. The van der Waals surface area contributed by atoms with Gasteiger partial charge in [-0.25, -0.2) is 9.98 Å². The van der Waals surface area contributed by atoms with E-state index >= 15 is 0 Å². The van der Waals surface area contributed by atoms with Crippen molar-refractivity contribution in [1.82, 2.24) is 9.97 Å². The fourth-order valence-corrected chi connectivity index (χ4v) is 2.35. The zero-order valence-corrected chi connectivity index (χ0v) is 15.9. The van der Waals surface area contributed by atoms with Crippen molar-refractivity contribution in [2.45, 2.75) is 13.5 Å². The second-order valence-corrected chi connectivity index (χ2v) is 5.21. The summed E-state index contributed by atoms with van der Waals surface area (Å²) >= 11 is 0. The SMILES string of the molecule is COc1cccc(NC(N)=NCc2nc3c(C)cccc3[nH]2)c1.I. The maximum Gasteiger partial charge on any atom is 0.193 e. The van der Waals surface area contributed by atoms with E-state index in [1.165, 1.54) is 0 Å². The monoisotopic (exact) mass is 437 g/mol. The molecule has 0 amide bonds. The Morgan fingerprint density at radius 1 is 1.29 bits per heavy atom. The molecule has 0 unspecified atom stereocenters. The number of hydrogen-bond donors (Lipinski definition) is 3. The Morgan fingerprint density at radius 3 is 2.83 bits per heavy atom. The molecule has 1 aromatic heterocycles. The smallest absolute Gasteiger partial charge is 0.193 e. The molecule has 0 aliphatic rings. The first-order valence-corrected chi connectivity index (χ1v) is 7.31. The van der Waals surface area contributed by atoms with E-state index in [1.54, 1.807) is 7.11 Å². The number of aliphatic imine (C=N–C) groups is 1. The lowest BCUT2D eigenvalue weighted by molar-refractivity contribution is 0.415. The van der Waals surface area contributed by atoms with Gasteiger partial charge in [0.15, 0.2) is 5.96 Å². The number of aromatic amines is 1. The molecule has 0 spiro atoms. The van der Waals surface area contributed by atoms with Crippen molar-refractivity contribution in [3.63, 3.8) is 0 Å². The highest BCUT2D eigenvalue weighted by Crippen LogP contribution is 2.17. The van der Waals surface area contributed by atoms with Gasteiger partial charge in [0.1, 0.15) is 18.1 Å². The number of H-pyrrole nitrogens is 1. The number of nitrogens with two attached hydrogens (primary N) is 1. The van der Waals surface area contributed by atoms with Gasteiger partial charge in [-0.2, -0.15) is 0 Å². The van der Waals surface area contributed by atoms with Crippen LogP contribution in [0.25, 0.3) is 11.0 Å². The number of guanidine groups is 1. The van der Waals surface area contributed by atoms with Crippen molar-refractivity contribution in [3.8, 4) is 5.75 Å². The van der Waals surface area contributed by atoms with E-state index < -0.39 is 0 Å². The van der Waals surface area contributed by atoms with Crippen LogP contribution >= 0.6 is 24.0 Å².